The lowest BCUT2D eigenvalue weighted by Crippen LogP contribution is -2.54. The van der Waals surface area contributed by atoms with Crippen molar-refractivity contribution in [1.29, 1.82) is 0 Å². The van der Waals surface area contributed by atoms with Crippen molar-refractivity contribution in [2.24, 2.45) is 5.73 Å². The number of anilines is 1. The molecule has 0 bridgehead atoms. The summed E-state index contributed by atoms with van der Waals surface area (Å²) in [5.41, 5.74) is 9.76. The van der Waals surface area contributed by atoms with E-state index < -0.39 is 0 Å². The molecule has 0 aliphatic carbocycles. The van der Waals surface area contributed by atoms with Crippen LogP contribution in [0.3, 0.4) is 0 Å². The molecule has 0 amide bonds. The van der Waals surface area contributed by atoms with Crippen LogP contribution in [0.1, 0.15) is 30.8 Å². The molecule has 2 rings (SSSR count). The third kappa shape index (κ3) is 3.11. The van der Waals surface area contributed by atoms with E-state index in [0.29, 0.717) is 13.1 Å². The molecule has 3 N–H and O–H groups in total. The second-order valence-corrected chi connectivity index (χ2v) is 6.11. The standard InChI is InChI=1S/C15H25N3O2/c1-10-5-14(13(6-16)11(2)17-10)18-7-12(8-19)20-15(3,4)9-18/h5,12,19H,6-9,16H2,1-4H3. The molecule has 1 aliphatic heterocycles. The van der Waals surface area contributed by atoms with Gasteiger partial charge < -0.3 is 20.5 Å². The van der Waals surface area contributed by atoms with Crippen molar-refractivity contribution < 1.29 is 9.84 Å². The number of rotatable bonds is 3. The van der Waals surface area contributed by atoms with Crippen LogP contribution in [0.25, 0.3) is 0 Å². The predicted octanol–water partition coefficient (Wildman–Crippen LogP) is 1.13. The van der Waals surface area contributed by atoms with Crippen LogP contribution in [0.15, 0.2) is 6.07 Å². The minimum atomic E-state index is -0.289. The van der Waals surface area contributed by atoms with Crippen LogP contribution in [0.4, 0.5) is 5.69 Å². The highest BCUT2D eigenvalue weighted by Gasteiger charge is 2.34. The van der Waals surface area contributed by atoms with Crippen molar-refractivity contribution in [2.75, 3.05) is 24.6 Å². The first-order chi connectivity index (χ1) is 9.36. The van der Waals surface area contributed by atoms with E-state index in [1.165, 1.54) is 0 Å². The van der Waals surface area contributed by atoms with Crippen LogP contribution in [0.2, 0.25) is 0 Å². The fourth-order valence-electron chi connectivity index (χ4n) is 2.94. The Morgan fingerprint density at radius 2 is 2.20 bits per heavy atom. The van der Waals surface area contributed by atoms with Gasteiger partial charge in [0, 0.05) is 42.3 Å². The summed E-state index contributed by atoms with van der Waals surface area (Å²) < 4.78 is 5.87. The van der Waals surface area contributed by atoms with E-state index in [9.17, 15) is 5.11 Å². The molecule has 2 heterocycles. The second kappa shape index (κ2) is 5.68. The Balaban J connectivity index is 2.39. The van der Waals surface area contributed by atoms with Crippen LogP contribution in [0, 0.1) is 13.8 Å². The molecular weight excluding hydrogens is 254 g/mol. The zero-order valence-corrected chi connectivity index (χ0v) is 12.8. The van der Waals surface area contributed by atoms with Crippen molar-refractivity contribution in [3.05, 3.63) is 23.0 Å². The van der Waals surface area contributed by atoms with E-state index >= 15 is 0 Å². The monoisotopic (exact) mass is 279 g/mol. The van der Waals surface area contributed by atoms with Crippen molar-refractivity contribution in [1.82, 2.24) is 4.98 Å². The largest absolute Gasteiger partial charge is 0.394 e. The third-order valence-electron chi connectivity index (χ3n) is 3.67. The SMILES string of the molecule is Cc1cc(N2CC(CO)OC(C)(C)C2)c(CN)c(C)n1. The molecule has 112 valence electrons. The Bertz CT molecular complexity index is 488. The predicted molar refractivity (Wildman–Crippen MR) is 79.9 cm³/mol. The van der Waals surface area contributed by atoms with Crippen molar-refractivity contribution >= 4 is 5.69 Å². The molecule has 1 atom stereocenters. The van der Waals surface area contributed by atoms with Gasteiger partial charge in [-0.15, -0.1) is 0 Å². The Morgan fingerprint density at radius 3 is 2.80 bits per heavy atom. The maximum Gasteiger partial charge on any atom is 0.0988 e. The van der Waals surface area contributed by atoms with Gasteiger partial charge in [0.2, 0.25) is 0 Å². The summed E-state index contributed by atoms with van der Waals surface area (Å²) >= 11 is 0. The summed E-state index contributed by atoms with van der Waals surface area (Å²) in [4.78, 5) is 6.75. The lowest BCUT2D eigenvalue weighted by Gasteiger charge is -2.44. The molecule has 1 aromatic rings. The van der Waals surface area contributed by atoms with Crippen molar-refractivity contribution in [3.8, 4) is 0 Å². The van der Waals surface area contributed by atoms with Gasteiger partial charge in [0.05, 0.1) is 18.3 Å². The number of aliphatic hydroxyl groups is 1. The van der Waals surface area contributed by atoms with Gasteiger partial charge in [-0.2, -0.15) is 0 Å². The normalized spacial score (nSPS) is 22.1. The van der Waals surface area contributed by atoms with Gasteiger partial charge in [-0.05, 0) is 33.8 Å². The first kappa shape index (κ1) is 15.2. The van der Waals surface area contributed by atoms with Gasteiger partial charge in [0.15, 0.2) is 0 Å². The smallest absolute Gasteiger partial charge is 0.0988 e. The first-order valence-corrected chi connectivity index (χ1v) is 7.07. The maximum atomic E-state index is 9.43. The van der Waals surface area contributed by atoms with Crippen LogP contribution in [0.5, 0.6) is 0 Å². The Labute approximate surface area is 120 Å². The molecule has 1 saturated heterocycles. The number of aryl methyl sites for hydroxylation is 2. The molecule has 0 radical (unpaired) electrons. The van der Waals surface area contributed by atoms with Gasteiger partial charge in [0.1, 0.15) is 0 Å². The molecule has 20 heavy (non-hydrogen) atoms. The van der Waals surface area contributed by atoms with E-state index in [2.05, 4.69) is 16.0 Å². The molecule has 5 nitrogen and oxygen atoms in total. The van der Waals surface area contributed by atoms with Gasteiger partial charge in [0.25, 0.3) is 0 Å². The Morgan fingerprint density at radius 1 is 1.50 bits per heavy atom. The number of nitrogens with two attached hydrogens (primary N) is 1. The summed E-state index contributed by atoms with van der Waals surface area (Å²) in [6.07, 6.45) is -0.168. The number of morpholine rings is 1. The number of hydrogen-bond acceptors (Lipinski definition) is 5. The minimum absolute atomic E-state index is 0.0287. The highest BCUT2D eigenvalue weighted by Crippen LogP contribution is 2.30. The number of ether oxygens (including phenoxy) is 1. The van der Waals surface area contributed by atoms with Gasteiger partial charge in [-0.1, -0.05) is 0 Å². The van der Waals surface area contributed by atoms with E-state index in [4.69, 9.17) is 10.5 Å². The molecule has 0 aromatic carbocycles. The highest BCUT2D eigenvalue weighted by atomic mass is 16.5. The van der Waals surface area contributed by atoms with Gasteiger partial charge in [-0.25, -0.2) is 0 Å². The molecule has 0 saturated carbocycles. The van der Waals surface area contributed by atoms with Crippen molar-refractivity contribution in [3.63, 3.8) is 0 Å². The minimum Gasteiger partial charge on any atom is -0.394 e. The second-order valence-electron chi connectivity index (χ2n) is 6.11. The fourth-order valence-corrected chi connectivity index (χ4v) is 2.94. The number of hydrogen-bond donors (Lipinski definition) is 2. The molecule has 1 fully saturated rings. The lowest BCUT2D eigenvalue weighted by atomic mass is 10.0. The number of pyridine rings is 1. The highest BCUT2D eigenvalue weighted by molar-refractivity contribution is 5.56. The van der Waals surface area contributed by atoms with Crippen LogP contribution < -0.4 is 10.6 Å². The third-order valence-corrected chi connectivity index (χ3v) is 3.67. The lowest BCUT2D eigenvalue weighted by molar-refractivity contribution is -0.101. The Kier molecular flexibility index (Phi) is 4.32. The summed E-state index contributed by atoms with van der Waals surface area (Å²) in [5.74, 6) is 0. The quantitative estimate of drug-likeness (QED) is 0.868. The number of nitrogens with zero attached hydrogens (tertiary/aromatic N) is 2. The van der Waals surface area contributed by atoms with E-state index in [1.54, 1.807) is 0 Å². The molecule has 0 spiro atoms. The molecule has 5 heteroatoms. The van der Waals surface area contributed by atoms with Crippen LogP contribution >= 0.6 is 0 Å². The Hall–Kier alpha value is -1.17. The summed E-state index contributed by atoms with van der Waals surface area (Å²) in [6, 6.07) is 2.07. The van der Waals surface area contributed by atoms with Crippen LogP contribution in [-0.4, -0.2) is 41.5 Å². The summed E-state index contributed by atoms with van der Waals surface area (Å²) in [5, 5.41) is 9.43. The van der Waals surface area contributed by atoms with Gasteiger partial charge >= 0.3 is 0 Å². The van der Waals surface area contributed by atoms with Gasteiger partial charge in [-0.3, -0.25) is 4.98 Å². The summed E-state index contributed by atoms with van der Waals surface area (Å²) in [7, 11) is 0. The summed E-state index contributed by atoms with van der Waals surface area (Å²) in [6.45, 7) is 10.0. The van der Waals surface area contributed by atoms with E-state index in [1.807, 2.05) is 27.7 Å². The first-order valence-electron chi connectivity index (χ1n) is 7.07. The number of aliphatic hydroxyl groups excluding tert-OH is 1. The van der Waals surface area contributed by atoms with Crippen LogP contribution in [-0.2, 0) is 11.3 Å². The molecule has 1 aromatic heterocycles. The zero-order valence-electron chi connectivity index (χ0n) is 12.8. The van der Waals surface area contributed by atoms with E-state index in [-0.39, 0.29) is 18.3 Å². The molecule has 1 unspecified atom stereocenters. The zero-order chi connectivity index (χ0) is 14.9. The molecular formula is C15H25N3O2. The average molecular weight is 279 g/mol. The molecule has 1 aliphatic rings. The fraction of sp³-hybridized carbons (Fsp3) is 0.667. The topological polar surface area (TPSA) is 71.6 Å². The number of aromatic nitrogens is 1. The maximum absolute atomic E-state index is 9.43. The van der Waals surface area contributed by atoms with Crippen molar-refractivity contribution in [2.45, 2.75) is 45.9 Å². The average Bonchev–Trinajstić information content (AvgIpc) is 2.36. The van der Waals surface area contributed by atoms with E-state index in [0.717, 1.165) is 29.2 Å².